The van der Waals surface area contributed by atoms with Crippen molar-refractivity contribution in [1.82, 2.24) is 10.2 Å². The molecule has 1 aromatic rings. The molecule has 0 aliphatic rings. The Balaban J connectivity index is 2.77. The molecule has 0 aromatic heterocycles. The van der Waals surface area contributed by atoms with E-state index in [1.165, 1.54) is 7.11 Å². The van der Waals surface area contributed by atoms with Crippen LogP contribution in [-0.2, 0) is 6.54 Å². The molecule has 1 N–H and O–H groups in total. The van der Waals surface area contributed by atoms with Gasteiger partial charge in [-0.05, 0) is 27.1 Å². The molecule has 6 heteroatoms. The normalized spacial score (nSPS) is 12.8. The van der Waals surface area contributed by atoms with Crippen LogP contribution in [-0.4, -0.2) is 45.3 Å². The van der Waals surface area contributed by atoms with Crippen molar-refractivity contribution in [2.45, 2.75) is 26.1 Å². The maximum atomic E-state index is 12.5. The predicted octanol–water partition coefficient (Wildman–Crippen LogP) is 2.34. The van der Waals surface area contributed by atoms with Crippen LogP contribution in [0, 0.1) is 0 Å². The minimum Gasteiger partial charge on any atom is -0.493 e. The fourth-order valence-electron chi connectivity index (χ4n) is 1.98. The van der Waals surface area contributed by atoms with Crippen molar-refractivity contribution in [1.29, 1.82) is 0 Å². The summed E-state index contributed by atoms with van der Waals surface area (Å²) in [6, 6.07) is 5.33. The van der Waals surface area contributed by atoms with Gasteiger partial charge < -0.3 is 19.7 Å². The number of para-hydroxylation sites is 1. The first-order valence-corrected chi connectivity index (χ1v) is 6.42. The van der Waals surface area contributed by atoms with E-state index in [9.17, 15) is 8.78 Å². The van der Waals surface area contributed by atoms with Crippen LogP contribution in [0.2, 0.25) is 0 Å². The van der Waals surface area contributed by atoms with Crippen LogP contribution in [0.4, 0.5) is 8.78 Å². The van der Waals surface area contributed by atoms with Gasteiger partial charge in [-0.1, -0.05) is 12.1 Å². The van der Waals surface area contributed by atoms with E-state index in [0.717, 1.165) is 6.54 Å². The van der Waals surface area contributed by atoms with Gasteiger partial charge in [-0.15, -0.1) is 0 Å². The van der Waals surface area contributed by atoms with Gasteiger partial charge in [-0.3, -0.25) is 0 Å². The summed E-state index contributed by atoms with van der Waals surface area (Å²) in [6.45, 7) is 0.459. The van der Waals surface area contributed by atoms with Gasteiger partial charge in [0.2, 0.25) is 0 Å². The zero-order valence-corrected chi connectivity index (χ0v) is 12.3. The first-order valence-electron chi connectivity index (χ1n) is 6.42. The van der Waals surface area contributed by atoms with E-state index in [-0.39, 0.29) is 11.8 Å². The highest BCUT2D eigenvalue weighted by molar-refractivity contribution is 5.46. The Morgan fingerprint density at radius 3 is 2.55 bits per heavy atom. The standard InChI is InChI=1S/C14H22F2N2O2/c1-10(9-18(2)3)17-8-11-6-5-7-12(19-4)13(11)20-14(15)16/h5-7,10,14,17H,8-9H2,1-4H3. The summed E-state index contributed by atoms with van der Waals surface area (Å²) >= 11 is 0. The topological polar surface area (TPSA) is 33.7 Å². The molecule has 0 aliphatic heterocycles. The second-order valence-electron chi connectivity index (χ2n) is 4.87. The Morgan fingerprint density at radius 1 is 1.30 bits per heavy atom. The van der Waals surface area contributed by atoms with Gasteiger partial charge in [0.1, 0.15) is 0 Å². The molecule has 0 saturated carbocycles. The third-order valence-electron chi connectivity index (χ3n) is 2.77. The Bertz CT molecular complexity index is 414. The van der Waals surface area contributed by atoms with Gasteiger partial charge in [-0.2, -0.15) is 8.78 Å². The van der Waals surface area contributed by atoms with Crippen LogP contribution in [0.3, 0.4) is 0 Å². The van der Waals surface area contributed by atoms with E-state index in [0.29, 0.717) is 17.9 Å². The smallest absolute Gasteiger partial charge is 0.387 e. The maximum Gasteiger partial charge on any atom is 0.387 e. The summed E-state index contributed by atoms with van der Waals surface area (Å²) in [7, 11) is 5.39. The fourth-order valence-corrected chi connectivity index (χ4v) is 1.98. The summed E-state index contributed by atoms with van der Waals surface area (Å²) < 4.78 is 34.6. The average molecular weight is 288 g/mol. The molecule has 0 amide bonds. The second kappa shape index (κ2) is 8.01. The highest BCUT2D eigenvalue weighted by Crippen LogP contribution is 2.32. The van der Waals surface area contributed by atoms with Crippen molar-refractivity contribution in [2.75, 3.05) is 27.7 Å². The lowest BCUT2D eigenvalue weighted by Gasteiger charge is -2.20. The largest absolute Gasteiger partial charge is 0.493 e. The maximum absolute atomic E-state index is 12.5. The predicted molar refractivity (Wildman–Crippen MR) is 74.5 cm³/mol. The van der Waals surface area contributed by atoms with Crippen LogP contribution in [0.25, 0.3) is 0 Å². The second-order valence-corrected chi connectivity index (χ2v) is 4.87. The minimum atomic E-state index is -2.87. The number of rotatable bonds is 8. The zero-order chi connectivity index (χ0) is 15.1. The molecule has 0 bridgehead atoms. The molecule has 1 aromatic carbocycles. The molecule has 20 heavy (non-hydrogen) atoms. The third kappa shape index (κ3) is 5.30. The first kappa shape index (κ1) is 16.7. The molecule has 1 unspecified atom stereocenters. The van der Waals surface area contributed by atoms with E-state index < -0.39 is 6.61 Å². The van der Waals surface area contributed by atoms with Crippen molar-refractivity contribution >= 4 is 0 Å². The highest BCUT2D eigenvalue weighted by Gasteiger charge is 2.15. The fraction of sp³-hybridized carbons (Fsp3) is 0.571. The molecule has 0 saturated heterocycles. The number of nitrogens with zero attached hydrogens (tertiary/aromatic N) is 1. The van der Waals surface area contributed by atoms with Crippen molar-refractivity contribution in [2.24, 2.45) is 0 Å². The van der Waals surface area contributed by atoms with E-state index in [1.54, 1.807) is 18.2 Å². The average Bonchev–Trinajstić information content (AvgIpc) is 2.36. The lowest BCUT2D eigenvalue weighted by atomic mass is 10.1. The lowest BCUT2D eigenvalue weighted by Crippen LogP contribution is -2.35. The molecule has 0 aliphatic carbocycles. The van der Waals surface area contributed by atoms with Gasteiger partial charge in [0.05, 0.1) is 7.11 Å². The van der Waals surface area contributed by atoms with Crippen LogP contribution in [0.1, 0.15) is 12.5 Å². The van der Waals surface area contributed by atoms with Gasteiger partial charge >= 0.3 is 6.61 Å². The van der Waals surface area contributed by atoms with Crippen molar-refractivity contribution in [3.8, 4) is 11.5 Å². The van der Waals surface area contributed by atoms with Crippen LogP contribution >= 0.6 is 0 Å². The molecule has 1 atom stereocenters. The Labute approximate surface area is 118 Å². The first-order chi connectivity index (χ1) is 9.43. The zero-order valence-electron chi connectivity index (χ0n) is 12.3. The molecule has 0 heterocycles. The molecular formula is C14H22F2N2O2. The van der Waals surface area contributed by atoms with Crippen LogP contribution in [0.5, 0.6) is 11.5 Å². The molecule has 0 radical (unpaired) electrons. The number of likely N-dealkylation sites (N-methyl/N-ethyl adjacent to an activating group) is 1. The third-order valence-corrected chi connectivity index (χ3v) is 2.77. The Kier molecular flexibility index (Phi) is 6.67. The number of halogens is 2. The SMILES string of the molecule is COc1cccc(CNC(C)CN(C)C)c1OC(F)F. The number of benzene rings is 1. The monoisotopic (exact) mass is 288 g/mol. The summed E-state index contributed by atoms with van der Waals surface area (Å²) in [4.78, 5) is 2.06. The molecule has 0 spiro atoms. The molecule has 114 valence electrons. The van der Waals surface area contributed by atoms with Gasteiger partial charge in [0, 0.05) is 24.7 Å². The van der Waals surface area contributed by atoms with Crippen LogP contribution in [0.15, 0.2) is 18.2 Å². The molecule has 4 nitrogen and oxygen atoms in total. The van der Waals surface area contributed by atoms with Crippen molar-refractivity contribution in [3.63, 3.8) is 0 Å². The minimum absolute atomic E-state index is 0.0922. The number of hydrogen-bond acceptors (Lipinski definition) is 4. The summed E-state index contributed by atoms with van der Waals surface area (Å²) in [5.74, 6) is 0.402. The van der Waals surface area contributed by atoms with Gasteiger partial charge in [-0.25, -0.2) is 0 Å². The number of methoxy groups -OCH3 is 1. The van der Waals surface area contributed by atoms with Crippen molar-refractivity contribution < 1.29 is 18.3 Å². The Morgan fingerprint density at radius 2 is 2.00 bits per heavy atom. The van der Waals surface area contributed by atoms with Gasteiger partial charge in [0.25, 0.3) is 0 Å². The van der Waals surface area contributed by atoms with E-state index >= 15 is 0 Å². The van der Waals surface area contributed by atoms with Crippen molar-refractivity contribution in [3.05, 3.63) is 23.8 Å². The molecular weight excluding hydrogens is 266 g/mol. The number of alkyl halides is 2. The number of ether oxygens (including phenoxy) is 2. The van der Waals surface area contributed by atoms with E-state index in [2.05, 4.69) is 15.0 Å². The number of hydrogen-bond donors (Lipinski definition) is 1. The quantitative estimate of drug-likeness (QED) is 0.796. The lowest BCUT2D eigenvalue weighted by molar-refractivity contribution is -0.0518. The van der Waals surface area contributed by atoms with E-state index in [4.69, 9.17) is 4.74 Å². The molecule has 1 rings (SSSR count). The van der Waals surface area contributed by atoms with Crippen LogP contribution < -0.4 is 14.8 Å². The number of nitrogens with one attached hydrogen (secondary N) is 1. The summed E-state index contributed by atoms with van der Waals surface area (Å²) in [6.07, 6.45) is 0. The highest BCUT2D eigenvalue weighted by atomic mass is 19.3. The van der Waals surface area contributed by atoms with E-state index in [1.807, 2.05) is 21.0 Å². The Hall–Kier alpha value is -1.40. The summed E-state index contributed by atoms with van der Waals surface area (Å²) in [5, 5.41) is 3.27. The molecule has 0 fully saturated rings. The van der Waals surface area contributed by atoms with Gasteiger partial charge in [0.15, 0.2) is 11.5 Å². The summed E-state index contributed by atoms with van der Waals surface area (Å²) in [5.41, 5.74) is 0.648.